The Balaban J connectivity index is 3.37. The van der Waals surface area contributed by atoms with Crippen LogP contribution in [-0.4, -0.2) is 70.3 Å². The molecule has 0 spiro atoms. The fraction of sp³-hybridized carbons (Fsp3) is 0.792. The molecule has 0 aliphatic carbocycles. The predicted molar refractivity (Wildman–Crippen MR) is 123 cm³/mol. The van der Waals surface area contributed by atoms with Crippen LogP contribution in [-0.2, 0) is 23.9 Å². The maximum absolute atomic E-state index is 13.4. The molecule has 184 valence electrons. The number of hydrogen-bond acceptors (Lipinski definition) is 7. The fourth-order valence-electron chi connectivity index (χ4n) is 4.00. The van der Waals surface area contributed by atoms with Crippen LogP contribution in [0.15, 0.2) is 12.7 Å². The lowest BCUT2D eigenvalue weighted by atomic mass is 9.88. The monoisotopic (exact) mass is 454 g/mol. The number of aliphatic hydroxyl groups is 1. The fourth-order valence-corrected chi connectivity index (χ4v) is 4.00. The number of rotatable bonds is 9. The number of aliphatic hydroxyl groups excluding tert-OH is 1. The van der Waals surface area contributed by atoms with E-state index in [1.807, 2.05) is 6.92 Å². The topological polar surface area (TPSA) is 105 Å². The van der Waals surface area contributed by atoms with Crippen molar-refractivity contribution in [1.29, 1.82) is 0 Å². The van der Waals surface area contributed by atoms with Crippen molar-refractivity contribution in [3.8, 4) is 0 Å². The summed E-state index contributed by atoms with van der Waals surface area (Å²) in [6.45, 7) is 18.2. The zero-order chi connectivity index (χ0) is 24.9. The molecule has 1 rings (SSSR count). The third kappa shape index (κ3) is 8.54. The van der Waals surface area contributed by atoms with Gasteiger partial charge in [0.05, 0.1) is 6.10 Å². The average molecular weight is 455 g/mol. The molecule has 0 aromatic rings. The second-order valence-electron chi connectivity index (χ2n) is 10.5. The molecule has 3 unspecified atom stereocenters. The molecule has 1 amide bonds. The Morgan fingerprint density at radius 3 is 2.16 bits per heavy atom. The van der Waals surface area contributed by atoms with Gasteiger partial charge < -0.3 is 19.9 Å². The van der Waals surface area contributed by atoms with Gasteiger partial charge in [0.25, 0.3) is 0 Å². The van der Waals surface area contributed by atoms with Gasteiger partial charge in [-0.1, -0.05) is 13.0 Å². The van der Waals surface area contributed by atoms with Gasteiger partial charge in [-0.15, -0.1) is 6.58 Å². The van der Waals surface area contributed by atoms with Crippen molar-refractivity contribution < 1.29 is 29.0 Å². The van der Waals surface area contributed by atoms with Crippen LogP contribution in [0.25, 0.3) is 0 Å². The summed E-state index contributed by atoms with van der Waals surface area (Å²) < 4.78 is 11.4. The van der Waals surface area contributed by atoms with Crippen LogP contribution in [0.4, 0.5) is 0 Å². The minimum absolute atomic E-state index is 0.00295. The van der Waals surface area contributed by atoms with Gasteiger partial charge in [-0.05, 0) is 60.3 Å². The van der Waals surface area contributed by atoms with Crippen LogP contribution < -0.4 is 5.32 Å². The summed E-state index contributed by atoms with van der Waals surface area (Å²) in [5.74, 6) is -1.77. The number of esters is 2. The number of carbonyl (C=O) groups excluding carboxylic acids is 3. The van der Waals surface area contributed by atoms with Crippen molar-refractivity contribution in [1.82, 2.24) is 10.2 Å². The number of likely N-dealkylation sites (tertiary alicyclic amines) is 1. The highest BCUT2D eigenvalue weighted by molar-refractivity contribution is 5.81. The Morgan fingerprint density at radius 1 is 1.16 bits per heavy atom. The normalized spacial score (nSPS) is 22.5. The number of hydrogen-bond donors (Lipinski definition) is 2. The predicted octanol–water partition coefficient (Wildman–Crippen LogP) is 2.44. The third-order valence-electron chi connectivity index (χ3n) is 5.32. The van der Waals surface area contributed by atoms with Crippen LogP contribution in [0.1, 0.15) is 68.2 Å². The molecule has 0 radical (unpaired) electrons. The van der Waals surface area contributed by atoms with Crippen molar-refractivity contribution in [2.24, 2.45) is 11.8 Å². The Kier molecular flexibility index (Phi) is 9.90. The highest BCUT2D eigenvalue weighted by Crippen LogP contribution is 2.33. The molecule has 0 aromatic carbocycles. The summed E-state index contributed by atoms with van der Waals surface area (Å²) in [5.41, 5.74) is -1.42. The zero-order valence-corrected chi connectivity index (χ0v) is 20.9. The summed E-state index contributed by atoms with van der Waals surface area (Å²) in [4.78, 5) is 39.6. The van der Waals surface area contributed by atoms with Gasteiger partial charge in [0.15, 0.2) is 0 Å². The Morgan fingerprint density at radius 2 is 1.72 bits per heavy atom. The molecule has 0 bridgehead atoms. The molecule has 1 saturated heterocycles. The lowest BCUT2D eigenvalue weighted by molar-refractivity contribution is -0.171. The Hall–Kier alpha value is -1.93. The van der Waals surface area contributed by atoms with Crippen molar-refractivity contribution in [3.63, 3.8) is 0 Å². The first-order valence-electron chi connectivity index (χ1n) is 11.4. The molecular formula is C24H42N2O6. The highest BCUT2D eigenvalue weighted by atomic mass is 16.6. The van der Waals surface area contributed by atoms with E-state index in [0.717, 1.165) is 0 Å². The summed E-state index contributed by atoms with van der Waals surface area (Å²) in [6.07, 6.45) is 1.69. The Labute approximate surface area is 192 Å². The second-order valence-corrected chi connectivity index (χ2v) is 10.5. The third-order valence-corrected chi connectivity index (χ3v) is 5.32. The maximum Gasteiger partial charge on any atom is 0.324 e. The average Bonchev–Trinajstić information content (AvgIpc) is 3.05. The lowest BCUT2D eigenvalue weighted by Gasteiger charge is -2.39. The maximum atomic E-state index is 13.4. The molecule has 0 saturated carbocycles. The summed E-state index contributed by atoms with van der Waals surface area (Å²) in [5, 5.41) is 13.5. The van der Waals surface area contributed by atoms with Crippen molar-refractivity contribution >= 4 is 17.8 Å². The quantitative estimate of drug-likeness (QED) is 0.407. The van der Waals surface area contributed by atoms with Gasteiger partial charge in [0.2, 0.25) is 5.91 Å². The molecule has 8 nitrogen and oxygen atoms in total. The first-order chi connectivity index (χ1) is 14.6. The lowest BCUT2D eigenvalue weighted by Crippen LogP contribution is -2.56. The van der Waals surface area contributed by atoms with E-state index in [9.17, 15) is 19.5 Å². The molecule has 1 fully saturated rings. The minimum Gasteiger partial charge on any atom is -0.459 e. The van der Waals surface area contributed by atoms with Gasteiger partial charge in [-0.3, -0.25) is 19.3 Å². The van der Waals surface area contributed by atoms with E-state index in [0.29, 0.717) is 19.4 Å². The Bertz CT molecular complexity index is 679. The van der Waals surface area contributed by atoms with Gasteiger partial charge in [-0.2, -0.15) is 0 Å². The number of carbonyl (C=O) groups is 3. The molecule has 1 aliphatic heterocycles. The molecule has 1 aliphatic rings. The van der Waals surface area contributed by atoms with Crippen LogP contribution in [0, 0.1) is 11.8 Å². The van der Waals surface area contributed by atoms with Crippen LogP contribution in [0.3, 0.4) is 0 Å². The van der Waals surface area contributed by atoms with Crippen molar-refractivity contribution in [3.05, 3.63) is 12.7 Å². The van der Waals surface area contributed by atoms with Crippen LogP contribution >= 0.6 is 0 Å². The standard InChI is InChI=1S/C24H42N2O6/c1-10-16-12-18(21(29)31-23(4,5)6)26(14-16)20(22(30)32-24(7,8)9)17(11-2)19(28)13-25-15(3)27/h10,16-20,28H,1,11-14H2,2-9H3,(H,25,27)/t16?,17-,18?,19?,20+/m0/s1. The van der Waals surface area contributed by atoms with Crippen molar-refractivity contribution in [2.75, 3.05) is 13.1 Å². The number of amides is 1. The molecular weight excluding hydrogens is 412 g/mol. The first-order valence-corrected chi connectivity index (χ1v) is 11.4. The largest absolute Gasteiger partial charge is 0.459 e. The minimum atomic E-state index is -0.997. The van der Waals surface area contributed by atoms with E-state index in [2.05, 4.69) is 11.9 Å². The molecule has 8 heteroatoms. The van der Waals surface area contributed by atoms with E-state index in [-0.39, 0.29) is 18.4 Å². The SMILES string of the molecule is C=CC1CC(C(=O)OC(C)(C)C)N([C@@H](C(=O)OC(C)(C)C)[C@@H](CC)C(O)CNC(C)=O)C1. The number of nitrogens with one attached hydrogen (secondary N) is 1. The number of ether oxygens (including phenoxy) is 2. The molecule has 0 aromatic heterocycles. The summed E-state index contributed by atoms with van der Waals surface area (Å²) in [6, 6.07) is -1.55. The van der Waals surface area contributed by atoms with E-state index in [1.54, 1.807) is 52.5 Å². The van der Waals surface area contributed by atoms with Gasteiger partial charge in [0, 0.05) is 25.9 Å². The van der Waals surface area contributed by atoms with Gasteiger partial charge in [-0.25, -0.2) is 0 Å². The first kappa shape index (κ1) is 28.1. The zero-order valence-electron chi connectivity index (χ0n) is 20.9. The van der Waals surface area contributed by atoms with E-state index in [4.69, 9.17) is 9.47 Å². The summed E-state index contributed by atoms with van der Waals surface area (Å²) >= 11 is 0. The molecule has 5 atom stereocenters. The number of nitrogens with zero attached hydrogens (tertiary/aromatic N) is 1. The van der Waals surface area contributed by atoms with Gasteiger partial charge in [0.1, 0.15) is 23.3 Å². The van der Waals surface area contributed by atoms with Crippen molar-refractivity contribution in [2.45, 2.75) is 97.6 Å². The van der Waals surface area contributed by atoms with Gasteiger partial charge >= 0.3 is 11.9 Å². The molecule has 1 heterocycles. The van der Waals surface area contributed by atoms with Crippen LogP contribution in [0.2, 0.25) is 0 Å². The molecule has 2 N–H and O–H groups in total. The second kappa shape index (κ2) is 11.3. The smallest absolute Gasteiger partial charge is 0.324 e. The van der Waals surface area contributed by atoms with E-state index < -0.39 is 47.2 Å². The summed E-state index contributed by atoms with van der Waals surface area (Å²) in [7, 11) is 0. The highest BCUT2D eigenvalue weighted by Gasteiger charge is 2.48. The van der Waals surface area contributed by atoms with Crippen LogP contribution in [0.5, 0.6) is 0 Å². The van der Waals surface area contributed by atoms with E-state index >= 15 is 0 Å². The van der Waals surface area contributed by atoms with E-state index in [1.165, 1.54) is 6.92 Å². The molecule has 32 heavy (non-hydrogen) atoms.